The molecule has 0 aromatic heterocycles. The van der Waals surface area contributed by atoms with Gasteiger partial charge in [-0.3, -0.25) is 4.94 Å². The number of nitrogens with two attached hydrogens (primary N) is 1. The standard InChI is InChI=1S/C6H8FNO/c1-5(8)3-4-6(2)9-7/h3-4H,1-2,8H2/b4-3-. The maximum Gasteiger partial charge on any atom is 0.164 e. The summed E-state index contributed by atoms with van der Waals surface area (Å²) in [6, 6.07) is 0. The molecule has 50 valence electrons. The SMILES string of the molecule is C=C(N)/C=C\C(=C)OF. The Bertz CT molecular complexity index is 151. The van der Waals surface area contributed by atoms with Crippen LogP contribution in [-0.4, -0.2) is 0 Å². The van der Waals surface area contributed by atoms with Gasteiger partial charge in [-0.1, -0.05) is 13.2 Å². The van der Waals surface area contributed by atoms with E-state index in [1.807, 2.05) is 0 Å². The second kappa shape index (κ2) is 3.72. The van der Waals surface area contributed by atoms with E-state index in [-0.39, 0.29) is 5.76 Å². The van der Waals surface area contributed by atoms with E-state index in [9.17, 15) is 4.53 Å². The van der Waals surface area contributed by atoms with Gasteiger partial charge in [0.25, 0.3) is 0 Å². The van der Waals surface area contributed by atoms with Gasteiger partial charge in [0.1, 0.15) is 0 Å². The third-order valence-electron chi connectivity index (χ3n) is 0.582. The molecule has 2 N–H and O–H groups in total. The first kappa shape index (κ1) is 7.75. The molecule has 0 aliphatic rings. The fourth-order valence-corrected chi connectivity index (χ4v) is 0.226. The molecule has 0 aromatic rings. The first-order valence-electron chi connectivity index (χ1n) is 2.26. The summed E-state index contributed by atoms with van der Waals surface area (Å²) in [5.41, 5.74) is 5.42. The minimum atomic E-state index is -0.0957. The summed E-state index contributed by atoms with van der Waals surface area (Å²) in [5.74, 6) is -0.0957. The molecule has 0 bridgehead atoms. The van der Waals surface area contributed by atoms with Crippen LogP contribution in [0.5, 0.6) is 0 Å². The smallest absolute Gasteiger partial charge is 0.164 e. The Kier molecular flexibility index (Phi) is 3.20. The van der Waals surface area contributed by atoms with Crippen molar-refractivity contribution >= 4 is 0 Å². The normalized spacial score (nSPS) is 9.44. The quantitative estimate of drug-likeness (QED) is 0.462. The fraction of sp³-hybridized carbons (Fsp3) is 0. The Labute approximate surface area is 53.0 Å². The van der Waals surface area contributed by atoms with Crippen LogP contribution >= 0.6 is 0 Å². The average Bonchev–Trinajstić information content (AvgIpc) is 1.83. The summed E-state index contributed by atoms with van der Waals surface area (Å²) in [7, 11) is 0. The number of hydrogen-bond donors (Lipinski definition) is 1. The van der Waals surface area contributed by atoms with Crippen molar-refractivity contribution in [2.75, 3.05) is 0 Å². The zero-order valence-corrected chi connectivity index (χ0v) is 4.93. The van der Waals surface area contributed by atoms with E-state index in [2.05, 4.69) is 18.1 Å². The van der Waals surface area contributed by atoms with Gasteiger partial charge in [-0.15, -0.1) is 0 Å². The van der Waals surface area contributed by atoms with E-state index in [0.29, 0.717) is 5.70 Å². The molecule has 0 spiro atoms. The van der Waals surface area contributed by atoms with Gasteiger partial charge >= 0.3 is 0 Å². The van der Waals surface area contributed by atoms with Crippen molar-refractivity contribution in [1.82, 2.24) is 0 Å². The minimum absolute atomic E-state index is 0.0957. The summed E-state index contributed by atoms with van der Waals surface area (Å²) < 4.78 is 11.1. The van der Waals surface area contributed by atoms with Crippen molar-refractivity contribution in [3.8, 4) is 0 Å². The summed E-state index contributed by atoms with van der Waals surface area (Å²) in [4.78, 5) is 3.22. The molecule has 0 aromatic carbocycles. The monoisotopic (exact) mass is 129 g/mol. The van der Waals surface area contributed by atoms with Crippen LogP contribution in [0.1, 0.15) is 0 Å². The Morgan fingerprint density at radius 2 is 2.00 bits per heavy atom. The Morgan fingerprint density at radius 3 is 2.33 bits per heavy atom. The molecule has 3 heteroatoms. The lowest BCUT2D eigenvalue weighted by molar-refractivity contribution is -0.0758. The van der Waals surface area contributed by atoms with E-state index in [4.69, 9.17) is 5.73 Å². The van der Waals surface area contributed by atoms with Crippen LogP contribution in [0.25, 0.3) is 0 Å². The number of rotatable bonds is 3. The zero-order chi connectivity index (χ0) is 7.28. The van der Waals surface area contributed by atoms with Crippen LogP contribution in [0, 0.1) is 0 Å². The van der Waals surface area contributed by atoms with Crippen molar-refractivity contribution in [2.45, 2.75) is 0 Å². The van der Waals surface area contributed by atoms with E-state index < -0.39 is 0 Å². The van der Waals surface area contributed by atoms with Gasteiger partial charge in [0.15, 0.2) is 5.76 Å². The molecule has 0 atom stereocenters. The number of allylic oxidation sites excluding steroid dienone is 2. The summed E-state index contributed by atoms with van der Waals surface area (Å²) in [6.45, 7) is 6.50. The molecule has 9 heavy (non-hydrogen) atoms. The molecule has 0 unspecified atom stereocenters. The predicted molar refractivity (Wildman–Crippen MR) is 33.8 cm³/mol. The predicted octanol–water partition coefficient (Wildman–Crippen LogP) is 1.43. The maximum absolute atomic E-state index is 11.1. The lowest BCUT2D eigenvalue weighted by Crippen LogP contribution is -1.88. The van der Waals surface area contributed by atoms with E-state index >= 15 is 0 Å². The van der Waals surface area contributed by atoms with Gasteiger partial charge in [-0.2, -0.15) is 0 Å². The Morgan fingerprint density at radius 1 is 1.44 bits per heavy atom. The minimum Gasteiger partial charge on any atom is -0.399 e. The highest BCUT2D eigenvalue weighted by atomic mass is 19.3. The van der Waals surface area contributed by atoms with Gasteiger partial charge in [-0.05, 0) is 12.2 Å². The molecule has 0 aliphatic carbocycles. The maximum atomic E-state index is 11.1. The van der Waals surface area contributed by atoms with Crippen LogP contribution < -0.4 is 5.73 Å². The first-order chi connectivity index (χ1) is 4.16. The Balaban J connectivity index is 3.71. The van der Waals surface area contributed by atoms with Gasteiger partial charge in [0.05, 0.1) is 0 Å². The van der Waals surface area contributed by atoms with Crippen molar-refractivity contribution in [3.63, 3.8) is 0 Å². The van der Waals surface area contributed by atoms with Crippen molar-refractivity contribution in [3.05, 3.63) is 36.8 Å². The van der Waals surface area contributed by atoms with Crippen molar-refractivity contribution in [1.29, 1.82) is 0 Å². The molecular weight excluding hydrogens is 121 g/mol. The molecule has 0 fully saturated rings. The molecule has 0 saturated heterocycles. The molecule has 0 amide bonds. The molecule has 0 heterocycles. The highest BCUT2D eigenvalue weighted by molar-refractivity contribution is 5.17. The highest BCUT2D eigenvalue weighted by Gasteiger charge is 1.83. The topological polar surface area (TPSA) is 35.2 Å². The van der Waals surface area contributed by atoms with Crippen molar-refractivity contribution < 1.29 is 9.47 Å². The number of hydrogen-bond acceptors (Lipinski definition) is 2. The van der Waals surface area contributed by atoms with E-state index in [0.717, 1.165) is 0 Å². The second-order valence-corrected chi connectivity index (χ2v) is 1.45. The molecular formula is C6H8FNO. The largest absolute Gasteiger partial charge is 0.399 e. The fourth-order valence-electron chi connectivity index (χ4n) is 0.226. The highest BCUT2D eigenvalue weighted by Crippen LogP contribution is 1.96. The van der Waals surface area contributed by atoms with Crippen LogP contribution in [-0.2, 0) is 4.94 Å². The van der Waals surface area contributed by atoms with Gasteiger partial charge in [-0.25, -0.2) is 0 Å². The van der Waals surface area contributed by atoms with Crippen LogP contribution in [0.15, 0.2) is 36.8 Å². The van der Waals surface area contributed by atoms with Crippen LogP contribution in [0.3, 0.4) is 0 Å². The molecule has 2 nitrogen and oxygen atoms in total. The first-order valence-corrected chi connectivity index (χ1v) is 2.26. The van der Waals surface area contributed by atoms with E-state index in [1.54, 1.807) is 0 Å². The number of halogens is 1. The third kappa shape index (κ3) is 4.61. The van der Waals surface area contributed by atoms with Crippen molar-refractivity contribution in [2.24, 2.45) is 5.73 Å². The Hall–Kier alpha value is -1.25. The molecule has 0 radical (unpaired) electrons. The van der Waals surface area contributed by atoms with E-state index in [1.165, 1.54) is 12.2 Å². The van der Waals surface area contributed by atoms with Gasteiger partial charge in [0, 0.05) is 10.2 Å². The van der Waals surface area contributed by atoms with Gasteiger partial charge in [0.2, 0.25) is 0 Å². The third-order valence-corrected chi connectivity index (χ3v) is 0.582. The average molecular weight is 129 g/mol. The second-order valence-electron chi connectivity index (χ2n) is 1.45. The summed E-state index contributed by atoms with van der Waals surface area (Å²) in [5, 5.41) is 0. The molecule has 0 saturated carbocycles. The zero-order valence-electron chi connectivity index (χ0n) is 4.93. The lowest BCUT2D eigenvalue weighted by Gasteiger charge is -1.88. The lowest BCUT2D eigenvalue weighted by atomic mass is 10.4. The van der Waals surface area contributed by atoms with Crippen LogP contribution in [0.2, 0.25) is 0 Å². The van der Waals surface area contributed by atoms with Gasteiger partial charge < -0.3 is 5.73 Å². The summed E-state index contributed by atoms with van der Waals surface area (Å²) in [6.07, 6.45) is 2.67. The van der Waals surface area contributed by atoms with Crippen LogP contribution in [0.4, 0.5) is 4.53 Å². The molecule has 0 aliphatic heterocycles. The summed E-state index contributed by atoms with van der Waals surface area (Å²) >= 11 is 0. The molecule has 0 rings (SSSR count).